The fourth-order valence-corrected chi connectivity index (χ4v) is 7.21. The Kier molecular flexibility index (Phi) is 7.55. The SMILES string of the molecule is c1ccc(C(=Nc2cc3c(cc2N=C(c2ccccc2)c2ccccc2)Sc2ccccc2S3)c2ccccc2)cc1. The van der Waals surface area contributed by atoms with E-state index in [-0.39, 0.29) is 0 Å². The summed E-state index contributed by atoms with van der Waals surface area (Å²) in [5.74, 6) is 0. The maximum absolute atomic E-state index is 5.39. The normalized spacial score (nSPS) is 11.6. The number of rotatable bonds is 6. The second kappa shape index (κ2) is 12.1. The van der Waals surface area contributed by atoms with Crippen molar-refractivity contribution in [1.29, 1.82) is 0 Å². The van der Waals surface area contributed by atoms with Gasteiger partial charge in [0.15, 0.2) is 0 Å². The average Bonchev–Trinajstić information content (AvgIpc) is 3.06. The minimum absolute atomic E-state index is 0.841. The summed E-state index contributed by atoms with van der Waals surface area (Å²) in [6.45, 7) is 0. The van der Waals surface area contributed by atoms with Gasteiger partial charge in [0.25, 0.3) is 0 Å². The molecule has 200 valence electrons. The van der Waals surface area contributed by atoms with Crippen LogP contribution in [0.2, 0.25) is 0 Å². The van der Waals surface area contributed by atoms with Crippen molar-refractivity contribution >= 4 is 46.3 Å². The third kappa shape index (κ3) is 5.60. The molecule has 4 heteroatoms. The monoisotopic (exact) mass is 574 g/mol. The van der Waals surface area contributed by atoms with Gasteiger partial charge >= 0.3 is 0 Å². The van der Waals surface area contributed by atoms with Crippen molar-refractivity contribution in [2.45, 2.75) is 19.6 Å². The number of aliphatic imine (C=N–C) groups is 2. The fraction of sp³-hybridized carbons (Fsp3) is 0. The van der Waals surface area contributed by atoms with E-state index in [4.69, 9.17) is 9.98 Å². The quantitative estimate of drug-likeness (QED) is 0.185. The molecule has 0 fully saturated rings. The van der Waals surface area contributed by atoms with E-state index in [1.807, 2.05) is 24.3 Å². The average molecular weight is 575 g/mol. The number of hydrogen-bond acceptors (Lipinski definition) is 4. The van der Waals surface area contributed by atoms with Crippen LogP contribution in [-0.2, 0) is 0 Å². The summed E-state index contributed by atoms with van der Waals surface area (Å²) >= 11 is 3.59. The van der Waals surface area contributed by atoms with Crippen LogP contribution in [-0.4, -0.2) is 11.4 Å². The lowest BCUT2D eigenvalue weighted by Crippen LogP contribution is -2.04. The second-order valence-electron chi connectivity index (χ2n) is 9.82. The minimum atomic E-state index is 0.841. The lowest BCUT2D eigenvalue weighted by molar-refractivity contribution is 1.15. The van der Waals surface area contributed by atoms with Crippen LogP contribution in [0.4, 0.5) is 11.4 Å². The molecule has 7 rings (SSSR count). The summed E-state index contributed by atoms with van der Waals surface area (Å²) in [4.78, 5) is 15.7. The summed E-state index contributed by atoms with van der Waals surface area (Å²) in [5, 5.41) is 0. The molecule has 0 saturated heterocycles. The highest BCUT2D eigenvalue weighted by Gasteiger charge is 2.21. The van der Waals surface area contributed by atoms with Crippen LogP contribution in [0.25, 0.3) is 0 Å². The molecule has 6 aromatic rings. The first-order valence-electron chi connectivity index (χ1n) is 13.8. The van der Waals surface area contributed by atoms with Crippen molar-refractivity contribution in [2.75, 3.05) is 0 Å². The zero-order chi connectivity index (χ0) is 28.1. The van der Waals surface area contributed by atoms with E-state index in [1.165, 1.54) is 19.6 Å². The molecule has 0 N–H and O–H groups in total. The molecule has 6 aromatic carbocycles. The zero-order valence-electron chi connectivity index (χ0n) is 22.7. The van der Waals surface area contributed by atoms with Crippen LogP contribution in [0.3, 0.4) is 0 Å². The minimum Gasteiger partial charge on any atom is -0.245 e. The van der Waals surface area contributed by atoms with Crippen LogP contribution >= 0.6 is 23.5 Å². The largest absolute Gasteiger partial charge is 0.245 e. The standard InChI is InChI=1S/C38H26N2S2/c1-5-15-27(16-6-1)37(28-17-7-2-8-18-28)39-31-25-35-36(42-34-24-14-13-23-33(34)41-35)26-32(31)40-38(29-19-9-3-10-20-29)30-21-11-4-12-22-30/h1-26H. The van der Waals surface area contributed by atoms with Crippen molar-refractivity contribution < 1.29 is 0 Å². The second-order valence-corrected chi connectivity index (χ2v) is 12.0. The maximum atomic E-state index is 5.39. The highest BCUT2D eigenvalue weighted by Crippen LogP contribution is 2.51. The van der Waals surface area contributed by atoms with Crippen molar-refractivity contribution in [2.24, 2.45) is 9.98 Å². The Labute approximate surface area is 254 Å². The number of hydrogen-bond donors (Lipinski definition) is 0. The van der Waals surface area contributed by atoms with Gasteiger partial charge in [-0.25, -0.2) is 9.98 Å². The van der Waals surface area contributed by atoms with E-state index in [0.717, 1.165) is 45.1 Å². The Hall–Kier alpha value is -4.64. The van der Waals surface area contributed by atoms with Gasteiger partial charge < -0.3 is 0 Å². The van der Waals surface area contributed by atoms with Crippen LogP contribution in [0.15, 0.2) is 187 Å². The Morgan fingerprint density at radius 3 is 0.929 bits per heavy atom. The highest BCUT2D eigenvalue weighted by molar-refractivity contribution is 8.05. The summed E-state index contributed by atoms with van der Waals surface area (Å²) in [7, 11) is 0. The number of fused-ring (bicyclic) bond motifs is 2. The first-order valence-corrected chi connectivity index (χ1v) is 15.5. The Balaban J connectivity index is 1.47. The molecular weight excluding hydrogens is 549 g/mol. The molecule has 0 bridgehead atoms. The van der Waals surface area contributed by atoms with Crippen molar-refractivity contribution in [3.05, 3.63) is 180 Å². The molecule has 2 nitrogen and oxygen atoms in total. The van der Waals surface area contributed by atoms with E-state index in [2.05, 4.69) is 133 Å². The third-order valence-corrected chi connectivity index (χ3v) is 9.51. The first-order chi connectivity index (χ1) is 20.8. The Morgan fingerprint density at radius 1 is 0.333 bits per heavy atom. The molecule has 1 aliphatic heterocycles. The molecule has 0 atom stereocenters. The Morgan fingerprint density at radius 2 is 0.619 bits per heavy atom. The van der Waals surface area contributed by atoms with Gasteiger partial charge in [-0.2, -0.15) is 0 Å². The zero-order valence-corrected chi connectivity index (χ0v) is 24.4. The van der Waals surface area contributed by atoms with Gasteiger partial charge in [0, 0.05) is 41.8 Å². The van der Waals surface area contributed by atoms with Gasteiger partial charge in [0.05, 0.1) is 22.8 Å². The van der Waals surface area contributed by atoms with Crippen molar-refractivity contribution in [3.63, 3.8) is 0 Å². The summed E-state index contributed by atoms with van der Waals surface area (Å²) in [5.41, 5.74) is 7.78. The summed E-state index contributed by atoms with van der Waals surface area (Å²) in [6.07, 6.45) is 0. The topological polar surface area (TPSA) is 24.7 Å². The first kappa shape index (κ1) is 26.3. The van der Waals surface area contributed by atoms with E-state index >= 15 is 0 Å². The Bertz CT molecular complexity index is 1680. The van der Waals surface area contributed by atoms with Crippen LogP contribution < -0.4 is 0 Å². The molecule has 42 heavy (non-hydrogen) atoms. The lowest BCUT2D eigenvalue weighted by Gasteiger charge is -2.20. The van der Waals surface area contributed by atoms with Crippen molar-refractivity contribution in [1.82, 2.24) is 0 Å². The summed E-state index contributed by atoms with van der Waals surface area (Å²) in [6, 6.07) is 54.6. The number of benzene rings is 6. The fourth-order valence-electron chi connectivity index (χ4n) is 4.95. The molecule has 0 aromatic heterocycles. The highest BCUT2D eigenvalue weighted by atomic mass is 32.2. The molecule has 0 unspecified atom stereocenters. The van der Waals surface area contributed by atoms with E-state index in [1.54, 1.807) is 23.5 Å². The molecule has 0 radical (unpaired) electrons. The lowest BCUT2D eigenvalue weighted by atomic mass is 10.0. The predicted octanol–water partition coefficient (Wildman–Crippen LogP) is 10.6. The van der Waals surface area contributed by atoms with Gasteiger partial charge in [-0.05, 0) is 24.3 Å². The molecule has 1 aliphatic rings. The molecule has 1 heterocycles. The van der Waals surface area contributed by atoms with E-state index in [0.29, 0.717) is 0 Å². The number of nitrogens with zero attached hydrogens (tertiary/aromatic N) is 2. The molecule has 0 saturated carbocycles. The maximum Gasteiger partial charge on any atom is 0.0906 e. The van der Waals surface area contributed by atoms with Crippen LogP contribution in [0.1, 0.15) is 22.3 Å². The molecule has 0 amide bonds. The van der Waals surface area contributed by atoms with Gasteiger partial charge in [0.1, 0.15) is 0 Å². The van der Waals surface area contributed by atoms with Gasteiger partial charge in [-0.3, -0.25) is 0 Å². The van der Waals surface area contributed by atoms with Gasteiger partial charge in [0.2, 0.25) is 0 Å². The molecular formula is C38H26N2S2. The van der Waals surface area contributed by atoms with Crippen LogP contribution in [0, 0.1) is 0 Å². The van der Waals surface area contributed by atoms with Crippen molar-refractivity contribution in [3.8, 4) is 0 Å². The third-order valence-electron chi connectivity index (χ3n) is 6.98. The van der Waals surface area contributed by atoms with Gasteiger partial charge in [-0.15, -0.1) is 0 Å². The molecule has 0 aliphatic carbocycles. The van der Waals surface area contributed by atoms with Crippen LogP contribution in [0.5, 0.6) is 0 Å². The summed E-state index contributed by atoms with van der Waals surface area (Å²) < 4.78 is 0. The van der Waals surface area contributed by atoms with E-state index < -0.39 is 0 Å². The predicted molar refractivity (Wildman–Crippen MR) is 177 cm³/mol. The smallest absolute Gasteiger partial charge is 0.0906 e. The van der Waals surface area contributed by atoms with Gasteiger partial charge in [-0.1, -0.05) is 157 Å². The van der Waals surface area contributed by atoms with E-state index in [9.17, 15) is 0 Å². The molecule has 0 spiro atoms.